The molecule has 0 aliphatic heterocycles. The number of hydrogen-bond donors (Lipinski definition) is 2. The summed E-state index contributed by atoms with van der Waals surface area (Å²) in [6.07, 6.45) is 9.87. The molecule has 4 fully saturated rings. The van der Waals surface area contributed by atoms with E-state index in [0.717, 1.165) is 30.0 Å². The van der Waals surface area contributed by atoms with Crippen molar-refractivity contribution in [1.29, 1.82) is 0 Å². The molecule has 2 amide bonds. The largest absolute Gasteiger partial charge is 0.345 e. The predicted molar refractivity (Wildman–Crippen MR) is 116 cm³/mol. The Hall–Kier alpha value is -2.23. The van der Waals surface area contributed by atoms with E-state index in [4.69, 9.17) is 0 Å². The maximum absolute atomic E-state index is 12.8. The van der Waals surface area contributed by atoms with Crippen LogP contribution in [0.2, 0.25) is 0 Å². The topological polar surface area (TPSA) is 46.1 Å². The Balaban J connectivity index is 1.21. The first kappa shape index (κ1) is 18.8. The number of urea groups is 1. The number of aryl methyl sites for hydroxylation is 2. The highest BCUT2D eigenvalue weighted by molar-refractivity contribution is 5.74. The van der Waals surface area contributed by atoms with Gasteiger partial charge < -0.3 is 15.2 Å². The number of amides is 2. The van der Waals surface area contributed by atoms with E-state index in [1.807, 2.05) is 0 Å². The molecule has 0 spiro atoms. The van der Waals surface area contributed by atoms with Crippen molar-refractivity contribution in [2.24, 2.45) is 17.8 Å². The van der Waals surface area contributed by atoms with Gasteiger partial charge in [0.1, 0.15) is 0 Å². The van der Waals surface area contributed by atoms with Gasteiger partial charge in [0, 0.05) is 24.0 Å². The molecule has 4 nitrogen and oxygen atoms in total. The molecule has 4 heteroatoms. The van der Waals surface area contributed by atoms with Crippen molar-refractivity contribution < 1.29 is 4.79 Å². The minimum atomic E-state index is 0.00596. The van der Waals surface area contributed by atoms with Gasteiger partial charge in [0.15, 0.2) is 0 Å². The highest BCUT2D eigenvalue weighted by Gasteiger charge is 2.51. The molecule has 0 unspecified atom stereocenters. The lowest BCUT2D eigenvalue weighted by Gasteiger charge is -2.56. The number of hydrogen-bond acceptors (Lipinski definition) is 1. The van der Waals surface area contributed by atoms with Crippen molar-refractivity contribution in [3.63, 3.8) is 0 Å². The average molecular weight is 392 g/mol. The summed E-state index contributed by atoms with van der Waals surface area (Å²) in [5.74, 6) is 2.53. The normalized spacial score (nSPS) is 29.8. The van der Waals surface area contributed by atoms with Gasteiger partial charge >= 0.3 is 6.03 Å². The Morgan fingerprint density at radius 3 is 2.45 bits per heavy atom. The van der Waals surface area contributed by atoms with Gasteiger partial charge in [-0.2, -0.15) is 0 Å². The molecule has 4 saturated carbocycles. The summed E-state index contributed by atoms with van der Waals surface area (Å²) in [7, 11) is 0. The van der Waals surface area contributed by atoms with Gasteiger partial charge in [0.25, 0.3) is 0 Å². The van der Waals surface area contributed by atoms with Gasteiger partial charge in [-0.1, -0.05) is 23.8 Å². The Bertz CT molecular complexity index is 877. The lowest BCUT2D eigenvalue weighted by Crippen LogP contribution is -2.61. The highest BCUT2D eigenvalue weighted by Crippen LogP contribution is 2.55. The maximum Gasteiger partial charge on any atom is 0.315 e. The van der Waals surface area contributed by atoms with Gasteiger partial charge in [-0.05, 0) is 93.4 Å². The Kier molecular flexibility index (Phi) is 4.68. The van der Waals surface area contributed by atoms with Crippen LogP contribution in [-0.2, 0) is 13.1 Å². The van der Waals surface area contributed by atoms with E-state index in [9.17, 15) is 4.79 Å². The van der Waals surface area contributed by atoms with Crippen molar-refractivity contribution in [2.45, 2.75) is 71.0 Å². The van der Waals surface area contributed by atoms with Gasteiger partial charge in [0.2, 0.25) is 0 Å². The lowest BCUT2D eigenvalue weighted by atomic mass is 9.53. The van der Waals surface area contributed by atoms with Crippen LogP contribution in [0, 0.1) is 31.6 Å². The standard InChI is InChI=1S/C25H33N3O/c1-17-5-6-18(2)22(8-17)16-28-7-3-4-23(28)15-26-24(29)27-25-12-19-9-20(13-25)11-21(10-19)14-25/h3-8,19-21H,9-16H2,1-2H3,(H2,26,27,29). The molecule has 1 aromatic heterocycles. The summed E-state index contributed by atoms with van der Waals surface area (Å²) in [5, 5.41) is 6.55. The fourth-order valence-electron chi connectivity index (χ4n) is 6.64. The van der Waals surface area contributed by atoms with Gasteiger partial charge in [0.05, 0.1) is 6.54 Å². The van der Waals surface area contributed by atoms with E-state index < -0.39 is 0 Å². The number of carbonyl (C=O) groups is 1. The SMILES string of the molecule is Cc1ccc(C)c(Cn2cccc2CNC(=O)NC23CC4CC(CC(C4)C2)C3)c1. The second-order valence-electron chi connectivity index (χ2n) is 10.1. The van der Waals surface area contributed by atoms with Gasteiger partial charge in [-0.3, -0.25) is 0 Å². The number of aromatic nitrogens is 1. The van der Waals surface area contributed by atoms with Gasteiger partial charge in [-0.25, -0.2) is 4.79 Å². The zero-order valence-electron chi connectivity index (χ0n) is 17.7. The fraction of sp³-hybridized carbons (Fsp3) is 0.560. The third-order valence-electron chi connectivity index (χ3n) is 7.62. The van der Waals surface area contributed by atoms with Crippen molar-refractivity contribution in [1.82, 2.24) is 15.2 Å². The van der Waals surface area contributed by atoms with Crippen LogP contribution >= 0.6 is 0 Å². The van der Waals surface area contributed by atoms with E-state index >= 15 is 0 Å². The number of benzene rings is 1. The number of nitrogens with one attached hydrogen (secondary N) is 2. The van der Waals surface area contributed by atoms with E-state index in [1.165, 1.54) is 55.2 Å². The second kappa shape index (κ2) is 7.23. The molecule has 2 N–H and O–H groups in total. The van der Waals surface area contributed by atoms with E-state index in [0.29, 0.717) is 6.54 Å². The molecular formula is C25H33N3O. The molecule has 4 bridgehead atoms. The van der Waals surface area contributed by atoms with E-state index in [2.05, 4.69) is 65.6 Å². The van der Waals surface area contributed by atoms with Gasteiger partial charge in [-0.15, -0.1) is 0 Å². The molecule has 6 rings (SSSR count). The minimum absolute atomic E-state index is 0.00596. The first-order valence-corrected chi connectivity index (χ1v) is 11.2. The molecule has 4 aliphatic rings. The first-order chi connectivity index (χ1) is 14.0. The van der Waals surface area contributed by atoms with Crippen molar-refractivity contribution in [2.75, 3.05) is 0 Å². The van der Waals surface area contributed by atoms with Crippen molar-refractivity contribution >= 4 is 6.03 Å². The van der Waals surface area contributed by atoms with E-state index in [1.54, 1.807) is 0 Å². The van der Waals surface area contributed by atoms with Crippen LogP contribution in [0.4, 0.5) is 4.79 Å². The maximum atomic E-state index is 12.8. The molecular weight excluding hydrogens is 358 g/mol. The molecule has 4 aliphatic carbocycles. The highest BCUT2D eigenvalue weighted by atomic mass is 16.2. The molecule has 0 atom stereocenters. The van der Waals surface area contributed by atoms with Crippen LogP contribution < -0.4 is 10.6 Å². The third-order valence-corrected chi connectivity index (χ3v) is 7.62. The van der Waals surface area contributed by atoms with Crippen LogP contribution in [0.25, 0.3) is 0 Å². The molecule has 154 valence electrons. The smallest absolute Gasteiger partial charge is 0.315 e. The molecule has 0 radical (unpaired) electrons. The molecule has 1 heterocycles. The minimum Gasteiger partial charge on any atom is -0.345 e. The van der Waals surface area contributed by atoms with Crippen molar-refractivity contribution in [3.8, 4) is 0 Å². The summed E-state index contributed by atoms with van der Waals surface area (Å²) >= 11 is 0. The Labute approximate surface area is 174 Å². The zero-order valence-corrected chi connectivity index (χ0v) is 17.7. The van der Waals surface area contributed by atoms with Crippen LogP contribution in [-0.4, -0.2) is 16.1 Å². The van der Waals surface area contributed by atoms with Crippen molar-refractivity contribution in [3.05, 3.63) is 58.9 Å². The second-order valence-corrected chi connectivity index (χ2v) is 10.1. The van der Waals surface area contributed by atoms with Crippen LogP contribution in [0.3, 0.4) is 0 Å². The summed E-state index contributed by atoms with van der Waals surface area (Å²) in [5.41, 5.74) is 5.14. The summed E-state index contributed by atoms with van der Waals surface area (Å²) < 4.78 is 2.24. The summed E-state index contributed by atoms with van der Waals surface area (Å²) in [4.78, 5) is 12.8. The first-order valence-electron chi connectivity index (χ1n) is 11.2. The molecule has 1 aromatic carbocycles. The van der Waals surface area contributed by atoms with Crippen LogP contribution in [0.5, 0.6) is 0 Å². The zero-order chi connectivity index (χ0) is 20.0. The van der Waals surface area contributed by atoms with Crippen LogP contribution in [0.15, 0.2) is 36.5 Å². The molecule has 29 heavy (non-hydrogen) atoms. The predicted octanol–water partition coefficient (Wildman–Crippen LogP) is 4.92. The quantitative estimate of drug-likeness (QED) is 0.746. The monoisotopic (exact) mass is 391 g/mol. The van der Waals surface area contributed by atoms with E-state index in [-0.39, 0.29) is 11.6 Å². The fourth-order valence-corrected chi connectivity index (χ4v) is 6.64. The average Bonchev–Trinajstić information content (AvgIpc) is 3.08. The molecule has 2 aromatic rings. The Morgan fingerprint density at radius 2 is 1.76 bits per heavy atom. The third kappa shape index (κ3) is 3.82. The number of carbonyl (C=O) groups excluding carboxylic acids is 1. The lowest BCUT2D eigenvalue weighted by molar-refractivity contribution is -0.0135. The summed E-state index contributed by atoms with van der Waals surface area (Å²) in [6, 6.07) is 10.8. The summed E-state index contributed by atoms with van der Waals surface area (Å²) in [6.45, 7) is 5.70. The number of rotatable bonds is 5. The number of nitrogens with zero attached hydrogens (tertiary/aromatic N) is 1. The Morgan fingerprint density at radius 1 is 1.07 bits per heavy atom. The van der Waals surface area contributed by atoms with Crippen LogP contribution in [0.1, 0.15) is 60.9 Å². The molecule has 0 saturated heterocycles.